The summed E-state index contributed by atoms with van der Waals surface area (Å²) < 4.78 is 11.0. The second-order valence-corrected chi connectivity index (χ2v) is 4.96. The Morgan fingerprint density at radius 2 is 1.86 bits per heavy atom. The van der Waals surface area contributed by atoms with Crippen LogP contribution in [0.5, 0.6) is 11.5 Å². The van der Waals surface area contributed by atoms with Gasteiger partial charge in [-0.15, -0.1) is 0 Å². The van der Waals surface area contributed by atoms with Crippen LogP contribution >= 0.6 is 0 Å². The molecule has 2 amide bonds. The van der Waals surface area contributed by atoms with Crippen molar-refractivity contribution in [2.45, 2.75) is 13.0 Å². The van der Waals surface area contributed by atoms with Crippen LogP contribution in [-0.2, 0) is 0 Å². The first kappa shape index (κ1) is 14.2. The molecule has 114 valence electrons. The van der Waals surface area contributed by atoms with Crippen LogP contribution in [-0.4, -0.2) is 24.2 Å². The van der Waals surface area contributed by atoms with Crippen LogP contribution < -0.4 is 20.1 Å². The van der Waals surface area contributed by atoms with E-state index in [0.717, 1.165) is 11.3 Å². The van der Waals surface area contributed by atoms with Gasteiger partial charge in [-0.2, -0.15) is 0 Å². The monoisotopic (exact) mass is 299 g/mol. The zero-order valence-corrected chi connectivity index (χ0v) is 12.2. The largest absolute Gasteiger partial charge is 0.486 e. The number of hydrogen-bond acceptors (Lipinski definition) is 4. The molecule has 1 aromatic carbocycles. The number of hydrogen-bond donors (Lipinski definition) is 2. The smallest absolute Gasteiger partial charge is 0.319 e. The lowest BCUT2D eigenvalue weighted by Crippen LogP contribution is -2.31. The molecule has 0 saturated carbocycles. The molecule has 2 aromatic rings. The number of fused-ring (bicyclic) bond motifs is 1. The van der Waals surface area contributed by atoms with Gasteiger partial charge >= 0.3 is 6.03 Å². The van der Waals surface area contributed by atoms with Crippen LogP contribution in [0.15, 0.2) is 42.7 Å². The number of ether oxygens (including phenoxy) is 2. The Morgan fingerprint density at radius 1 is 1.14 bits per heavy atom. The molecule has 22 heavy (non-hydrogen) atoms. The molecule has 0 bridgehead atoms. The molecule has 6 heteroatoms. The van der Waals surface area contributed by atoms with Crippen molar-refractivity contribution >= 4 is 11.7 Å². The van der Waals surface area contributed by atoms with Gasteiger partial charge in [-0.05, 0) is 36.8 Å². The lowest BCUT2D eigenvalue weighted by atomic mass is 10.1. The normalized spacial score (nSPS) is 14.0. The van der Waals surface area contributed by atoms with E-state index in [2.05, 4.69) is 15.6 Å². The van der Waals surface area contributed by atoms with Gasteiger partial charge in [-0.3, -0.25) is 4.98 Å². The van der Waals surface area contributed by atoms with Gasteiger partial charge in [0, 0.05) is 18.1 Å². The maximum Gasteiger partial charge on any atom is 0.319 e. The van der Waals surface area contributed by atoms with Gasteiger partial charge in [0.05, 0.1) is 6.04 Å². The highest BCUT2D eigenvalue weighted by atomic mass is 16.6. The first-order chi connectivity index (χ1) is 10.7. The first-order valence-corrected chi connectivity index (χ1v) is 7.09. The minimum absolute atomic E-state index is 0.155. The Morgan fingerprint density at radius 3 is 2.64 bits per heavy atom. The standard InChI is InChI=1S/C16H17N3O3/c1-11(18-16(20)19-13-4-6-17-7-5-13)12-2-3-14-15(10-12)22-9-8-21-14/h2-7,10-11H,8-9H2,1H3,(H2,17,18,19,20)/t11-/m0/s1. The molecule has 1 aliphatic rings. The molecular weight excluding hydrogens is 282 g/mol. The Bertz CT molecular complexity index is 661. The third-order valence-electron chi connectivity index (χ3n) is 3.35. The van der Waals surface area contributed by atoms with Crippen molar-refractivity contribution in [2.75, 3.05) is 18.5 Å². The van der Waals surface area contributed by atoms with E-state index in [-0.39, 0.29) is 12.1 Å². The number of anilines is 1. The average Bonchev–Trinajstić information content (AvgIpc) is 2.55. The summed E-state index contributed by atoms with van der Waals surface area (Å²) in [5.41, 5.74) is 1.65. The highest BCUT2D eigenvalue weighted by Gasteiger charge is 2.15. The summed E-state index contributed by atoms with van der Waals surface area (Å²) in [5.74, 6) is 1.45. The number of urea groups is 1. The van der Waals surface area contributed by atoms with Crippen molar-refractivity contribution in [1.82, 2.24) is 10.3 Å². The molecule has 2 N–H and O–H groups in total. The summed E-state index contributed by atoms with van der Waals surface area (Å²) in [4.78, 5) is 15.9. The highest BCUT2D eigenvalue weighted by Crippen LogP contribution is 2.32. The van der Waals surface area contributed by atoms with E-state index in [4.69, 9.17) is 9.47 Å². The molecular formula is C16H17N3O3. The Labute approximate surface area is 128 Å². The van der Waals surface area contributed by atoms with Crippen molar-refractivity contribution < 1.29 is 14.3 Å². The molecule has 0 saturated heterocycles. The van der Waals surface area contributed by atoms with Crippen molar-refractivity contribution in [1.29, 1.82) is 0 Å². The molecule has 0 aliphatic carbocycles. The van der Waals surface area contributed by atoms with Crippen LogP contribution in [0.25, 0.3) is 0 Å². The second-order valence-electron chi connectivity index (χ2n) is 4.96. The van der Waals surface area contributed by atoms with Crippen LogP contribution in [0, 0.1) is 0 Å². The molecule has 2 heterocycles. The van der Waals surface area contributed by atoms with Gasteiger partial charge in [-0.1, -0.05) is 6.07 Å². The van der Waals surface area contributed by atoms with Gasteiger partial charge in [0.1, 0.15) is 13.2 Å². The molecule has 3 rings (SSSR count). The van der Waals surface area contributed by atoms with E-state index < -0.39 is 0 Å². The molecule has 1 aromatic heterocycles. The van der Waals surface area contributed by atoms with Crippen molar-refractivity contribution in [3.8, 4) is 11.5 Å². The van der Waals surface area contributed by atoms with Gasteiger partial charge in [0.15, 0.2) is 11.5 Å². The van der Waals surface area contributed by atoms with E-state index >= 15 is 0 Å². The number of aromatic nitrogens is 1. The molecule has 1 aliphatic heterocycles. The third kappa shape index (κ3) is 3.28. The third-order valence-corrected chi connectivity index (χ3v) is 3.35. The quantitative estimate of drug-likeness (QED) is 0.914. The lowest BCUT2D eigenvalue weighted by Gasteiger charge is -2.21. The van der Waals surface area contributed by atoms with E-state index in [1.54, 1.807) is 24.5 Å². The Hall–Kier alpha value is -2.76. The summed E-state index contributed by atoms with van der Waals surface area (Å²) in [6, 6.07) is 8.72. The fourth-order valence-corrected chi connectivity index (χ4v) is 2.21. The fourth-order valence-electron chi connectivity index (χ4n) is 2.21. The van der Waals surface area contributed by atoms with Gasteiger partial charge in [-0.25, -0.2) is 4.79 Å². The number of amides is 2. The topological polar surface area (TPSA) is 72.5 Å². The maximum atomic E-state index is 12.0. The van der Waals surface area contributed by atoms with Crippen LogP contribution in [0.1, 0.15) is 18.5 Å². The predicted octanol–water partition coefficient (Wildman–Crippen LogP) is 2.74. The Kier molecular flexibility index (Phi) is 4.09. The molecule has 1 atom stereocenters. The van der Waals surface area contributed by atoms with E-state index in [9.17, 15) is 4.79 Å². The molecule has 0 fully saturated rings. The summed E-state index contributed by atoms with van der Waals surface area (Å²) in [6.07, 6.45) is 3.25. The lowest BCUT2D eigenvalue weighted by molar-refractivity contribution is 0.171. The zero-order valence-electron chi connectivity index (χ0n) is 12.2. The molecule has 0 radical (unpaired) electrons. The van der Waals surface area contributed by atoms with Crippen LogP contribution in [0.3, 0.4) is 0 Å². The van der Waals surface area contributed by atoms with Crippen LogP contribution in [0.4, 0.5) is 10.5 Å². The fraction of sp³-hybridized carbons (Fsp3) is 0.250. The van der Waals surface area contributed by atoms with Gasteiger partial charge in [0.25, 0.3) is 0 Å². The summed E-state index contributed by atoms with van der Waals surface area (Å²) in [5, 5.41) is 5.64. The van der Waals surface area contributed by atoms with Gasteiger partial charge < -0.3 is 20.1 Å². The van der Waals surface area contributed by atoms with E-state index in [0.29, 0.717) is 24.7 Å². The average molecular weight is 299 g/mol. The number of rotatable bonds is 3. The molecule has 0 unspecified atom stereocenters. The number of carbonyl (C=O) groups excluding carboxylic acids is 1. The number of carbonyl (C=O) groups is 1. The predicted molar refractivity (Wildman–Crippen MR) is 82.2 cm³/mol. The first-order valence-electron chi connectivity index (χ1n) is 7.09. The summed E-state index contributed by atoms with van der Waals surface area (Å²) >= 11 is 0. The maximum absolute atomic E-state index is 12.0. The van der Waals surface area contributed by atoms with Crippen molar-refractivity contribution in [3.63, 3.8) is 0 Å². The van der Waals surface area contributed by atoms with Crippen LogP contribution in [0.2, 0.25) is 0 Å². The summed E-state index contributed by atoms with van der Waals surface area (Å²) in [7, 11) is 0. The Balaban J connectivity index is 1.64. The minimum Gasteiger partial charge on any atom is -0.486 e. The van der Waals surface area contributed by atoms with Gasteiger partial charge in [0.2, 0.25) is 0 Å². The number of benzene rings is 1. The van der Waals surface area contributed by atoms with E-state index in [1.807, 2.05) is 25.1 Å². The van der Waals surface area contributed by atoms with Crippen molar-refractivity contribution in [2.24, 2.45) is 0 Å². The SMILES string of the molecule is C[C@H](NC(=O)Nc1ccncc1)c1ccc2c(c1)OCCO2. The zero-order chi connectivity index (χ0) is 15.4. The van der Waals surface area contributed by atoms with Crippen molar-refractivity contribution in [3.05, 3.63) is 48.3 Å². The highest BCUT2D eigenvalue weighted by molar-refractivity contribution is 5.89. The number of nitrogens with zero attached hydrogens (tertiary/aromatic N) is 1. The van der Waals surface area contributed by atoms with E-state index in [1.165, 1.54) is 0 Å². The number of pyridine rings is 1. The second kappa shape index (κ2) is 6.34. The minimum atomic E-state index is -0.270. The summed E-state index contributed by atoms with van der Waals surface area (Å²) in [6.45, 7) is 3.02. The molecule has 6 nitrogen and oxygen atoms in total. The number of nitrogens with one attached hydrogen (secondary N) is 2. The molecule has 0 spiro atoms.